The summed E-state index contributed by atoms with van der Waals surface area (Å²) in [4.78, 5) is 14.2. The molecule has 0 bridgehead atoms. The van der Waals surface area contributed by atoms with Gasteiger partial charge in [0.15, 0.2) is 0 Å². The van der Waals surface area contributed by atoms with Crippen LogP contribution in [0.3, 0.4) is 0 Å². The second-order valence-electron chi connectivity index (χ2n) is 4.63. The van der Waals surface area contributed by atoms with Crippen molar-refractivity contribution in [3.63, 3.8) is 0 Å². The van der Waals surface area contributed by atoms with Crippen LogP contribution in [-0.4, -0.2) is 19.5 Å². The number of aryl methyl sites for hydroxylation is 1. The fraction of sp³-hybridized carbons (Fsp3) is 0.500. The average molecular weight is 232 g/mol. The number of amides is 1. The molecular weight excluding hydrogens is 212 g/mol. The van der Waals surface area contributed by atoms with Gasteiger partial charge >= 0.3 is 0 Å². The third-order valence-corrected chi connectivity index (χ3v) is 3.32. The highest BCUT2D eigenvalue weighted by Gasteiger charge is 2.35. The molecule has 1 amide bonds. The van der Waals surface area contributed by atoms with Gasteiger partial charge in [-0.3, -0.25) is 4.79 Å². The fourth-order valence-electron chi connectivity index (χ4n) is 2.38. The first-order chi connectivity index (χ1) is 8.19. The van der Waals surface area contributed by atoms with Crippen LogP contribution in [0.4, 0.5) is 5.69 Å². The quantitative estimate of drug-likeness (QED) is 0.864. The van der Waals surface area contributed by atoms with Crippen LogP contribution < -0.4 is 10.2 Å². The molecule has 0 radical (unpaired) electrons. The lowest BCUT2D eigenvalue weighted by molar-refractivity contribution is -0.119. The summed E-state index contributed by atoms with van der Waals surface area (Å²) in [7, 11) is 1.85. The van der Waals surface area contributed by atoms with Crippen molar-refractivity contribution in [1.29, 1.82) is 0 Å². The van der Waals surface area contributed by atoms with Crippen LogP contribution in [0.5, 0.6) is 0 Å². The normalized spacial score (nSPS) is 18.6. The summed E-state index contributed by atoms with van der Waals surface area (Å²) < 4.78 is 0. The first-order valence-corrected chi connectivity index (χ1v) is 6.28. The van der Waals surface area contributed by atoms with E-state index in [1.165, 1.54) is 5.56 Å². The molecule has 0 fully saturated rings. The van der Waals surface area contributed by atoms with E-state index in [4.69, 9.17) is 0 Å². The molecule has 1 atom stereocenters. The molecule has 17 heavy (non-hydrogen) atoms. The maximum absolute atomic E-state index is 12.3. The smallest absolute Gasteiger partial charge is 0.248 e. The van der Waals surface area contributed by atoms with Gasteiger partial charge in [0.25, 0.3) is 0 Å². The summed E-state index contributed by atoms with van der Waals surface area (Å²) in [6.45, 7) is 5.03. The molecule has 1 aromatic carbocycles. The van der Waals surface area contributed by atoms with Crippen LogP contribution in [0, 0.1) is 6.92 Å². The first kappa shape index (κ1) is 12.1. The van der Waals surface area contributed by atoms with Crippen molar-refractivity contribution < 1.29 is 4.79 Å². The molecule has 3 nitrogen and oxygen atoms in total. The largest absolute Gasteiger partial charge is 0.310 e. The van der Waals surface area contributed by atoms with E-state index in [9.17, 15) is 4.79 Å². The number of anilines is 1. The predicted molar refractivity (Wildman–Crippen MR) is 70.2 cm³/mol. The number of unbranched alkanes of at least 4 members (excludes halogenated alkanes) is 1. The minimum atomic E-state index is -0.165. The van der Waals surface area contributed by atoms with Gasteiger partial charge in [-0.2, -0.15) is 0 Å². The Hall–Kier alpha value is -1.35. The summed E-state index contributed by atoms with van der Waals surface area (Å²) in [5.74, 6) is 0.182. The van der Waals surface area contributed by atoms with Crippen molar-refractivity contribution in [2.45, 2.75) is 32.7 Å². The Morgan fingerprint density at radius 1 is 1.41 bits per heavy atom. The maximum atomic E-state index is 12.3. The van der Waals surface area contributed by atoms with E-state index in [1.807, 2.05) is 11.9 Å². The van der Waals surface area contributed by atoms with E-state index in [2.05, 4.69) is 37.4 Å². The van der Waals surface area contributed by atoms with E-state index in [-0.39, 0.29) is 11.9 Å². The lowest BCUT2D eigenvalue weighted by Gasteiger charge is -2.17. The Morgan fingerprint density at radius 3 is 2.82 bits per heavy atom. The van der Waals surface area contributed by atoms with Crippen molar-refractivity contribution in [1.82, 2.24) is 5.32 Å². The van der Waals surface area contributed by atoms with Crippen LogP contribution in [0.15, 0.2) is 18.2 Å². The fourth-order valence-corrected chi connectivity index (χ4v) is 2.38. The Bertz CT molecular complexity index is 428. The van der Waals surface area contributed by atoms with Gasteiger partial charge in [0, 0.05) is 17.8 Å². The number of fused-ring (bicyclic) bond motifs is 1. The molecule has 0 aromatic heterocycles. The number of hydrogen-bond acceptors (Lipinski definition) is 2. The lowest BCUT2D eigenvalue weighted by atomic mass is 10.1. The highest BCUT2D eigenvalue weighted by atomic mass is 16.2. The third kappa shape index (κ3) is 2.07. The molecule has 0 aliphatic carbocycles. The topological polar surface area (TPSA) is 32.3 Å². The number of rotatable bonds is 4. The molecule has 1 aliphatic rings. The van der Waals surface area contributed by atoms with E-state index >= 15 is 0 Å². The highest BCUT2D eigenvalue weighted by Crippen LogP contribution is 2.36. The monoisotopic (exact) mass is 232 g/mol. The van der Waals surface area contributed by atoms with E-state index in [0.717, 1.165) is 30.6 Å². The molecule has 0 saturated carbocycles. The molecule has 92 valence electrons. The Morgan fingerprint density at radius 2 is 2.18 bits per heavy atom. The number of nitrogens with zero attached hydrogens (tertiary/aromatic N) is 1. The van der Waals surface area contributed by atoms with Gasteiger partial charge in [0.1, 0.15) is 6.04 Å². The van der Waals surface area contributed by atoms with Gasteiger partial charge < -0.3 is 10.2 Å². The van der Waals surface area contributed by atoms with Crippen LogP contribution >= 0.6 is 0 Å². The molecule has 1 aromatic rings. The molecule has 3 heteroatoms. The molecule has 0 saturated heterocycles. The minimum absolute atomic E-state index is 0.165. The summed E-state index contributed by atoms with van der Waals surface area (Å²) in [5.41, 5.74) is 3.40. The number of benzene rings is 1. The van der Waals surface area contributed by atoms with Crippen molar-refractivity contribution >= 4 is 11.6 Å². The number of carbonyl (C=O) groups is 1. The van der Waals surface area contributed by atoms with Crippen LogP contribution in [0.2, 0.25) is 0 Å². The second kappa shape index (κ2) is 4.88. The van der Waals surface area contributed by atoms with Crippen molar-refractivity contribution in [3.8, 4) is 0 Å². The van der Waals surface area contributed by atoms with Gasteiger partial charge in [-0.1, -0.05) is 31.0 Å². The molecule has 0 spiro atoms. The van der Waals surface area contributed by atoms with E-state index < -0.39 is 0 Å². The van der Waals surface area contributed by atoms with Crippen molar-refractivity contribution in [2.24, 2.45) is 0 Å². The highest BCUT2D eigenvalue weighted by molar-refractivity contribution is 6.04. The first-order valence-electron chi connectivity index (χ1n) is 6.28. The van der Waals surface area contributed by atoms with Crippen LogP contribution in [0.1, 0.15) is 36.9 Å². The molecule has 2 rings (SSSR count). The maximum Gasteiger partial charge on any atom is 0.248 e. The zero-order valence-corrected chi connectivity index (χ0v) is 10.8. The minimum Gasteiger partial charge on any atom is -0.310 e. The van der Waals surface area contributed by atoms with Gasteiger partial charge in [0.05, 0.1) is 0 Å². The number of likely N-dealkylation sites (N-methyl/N-ethyl adjacent to an activating group) is 1. The van der Waals surface area contributed by atoms with Crippen LogP contribution in [0.25, 0.3) is 0 Å². The Balaban J connectivity index is 2.36. The lowest BCUT2D eigenvalue weighted by Crippen LogP contribution is -2.33. The van der Waals surface area contributed by atoms with Crippen LogP contribution in [-0.2, 0) is 4.79 Å². The van der Waals surface area contributed by atoms with Gasteiger partial charge in [-0.05, 0) is 26.5 Å². The zero-order chi connectivity index (χ0) is 12.4. The zero-order valence-electron chi connectivity index (χ0n) is 10.8. The summed E-state index contributed by atoms with van der Waals surface area (Å²) in [5, 5.41) is 3.11. The Labute approximate surface area is 103 Å². The Kier molecular flexibility index (Phi) is 3.48. The predicted octanol–water partition coefficient (Wildman–Crippen LogP) is 2.40. The second-order valence-corrected chi connectivity index (χ2v) is 4.63. The van der Waals surface area contributed by atoms with Gasteiger partial charge in [-0.25, -0.2) is 0 Å². The molecular formula is C14H20N2O. The van der Waals surface area contributed by atoms with Gasteiger partial charge in [0.2, 0.25) is 5.91 Å². The molecule has 1 unspecified atom stereocenters. The average Bonchev–Trinajstić information content (AvgIpc) is 2.57. The van der Waals surface area contributed by atoms with E-state index in [0.29, 0.717) is 0 Å². The standard InChI is InChI=1S/C14H20N2O/c1-4-5-8-16-12-7-6-10(2)9-11(12)13(15-3)14(16)17/h6-7,9,13,15H,4-5,8H2,1-3H3. The molecule has 1 N–H and O–H groups in total. The summed E-state index contributed by atoms with van der Waals surface area (Å²) in [6, 6.07) is 6.08. The number of hydrogen-bond donors (Lipinski definition) is 1. The van der Waals surface area contributed by atoms with E-state index in [1.54, 1.807) is 0 Å². The summed E-state index contributed by atoms with van der Waals surface area (Å²) >= 11 is 0. The number of nitrogens with one attached hydrogen (secondary N) is 1. The SMILES string of the molecule is CCCCN1C(=O)C(NC)c2cc(C)ccc21. The third-order valence-electron chi connectivity index (χ3n) is 3.32. The number of carbonyl (C=O) groups excluding carboxylic acids is 1. The molecule has 1 aliphatic heterocycles. The van der Waals surface area contributed by atoms with Crippen molar-refractivity contribution in [2.75, 3.05) is 18.5 Å². The van der Waals surface area contributed by atoms with Crippen molar-refractivity contribution in [3.05, 3.63) is 29.3 Å². The molecule has 1 heterocycles. The van der Waals surface area contributed by atoms with Gasteiger partial charge in [-0.15, -0.1) is 0 Å². The summed E-state index contributed by atoms with van der Waals surface area (Å²) in [6.07, 6.45) is 2.16.